The van der Waals surface area contributed by atoms with Crippen LogP contribution in [0.2, 0.25) is 10.0 Å². The third-order valence-corrected chi connectivity index (χ3v) is 4.72. The van der Waals surface area contributed by atoms with Gasteiger partial charge in [0.2, 0.25) is 5.91 Å². The van der Waals surface area contributed by atoms with Crippen molar-refractivity contribution in [3.8, 4) is 0 Å². The summed E-state index contributed by atoms with van der Waals surface area (Å²) < 4.78 is 7.40. The summed E-state index contributed by atoms with van der Waals surface area (Å²) in [6.45, 7) is 3.82. The molecule has 1 aromatic carbocycles. The fraction of sp³-hybridized carbons (Fsp3) is 0.467. The third kappa shape index (κ3) is 3.85. The molecular formula is C15H17Cl2N5O2. The van der Waals surface area contributed by atoms with E-state index < -0.39 is 0 Å². The molecular weight excluding hydrogens is 353 g/mol. The first-order valence-electron chi connectivity index (χ1n) is 7.61. The lowest BCUT2D eigenvalue weighted by atomic mass is 10.1. The zero-order chi connectivity index (χ0) is 17.1. The van der Waals surface area contributed by atoms with E-state index in [1.807, 2.05) is 6.07 Å². The van der Waals surface area contributed by atoms with E-state index in [1.54, 1.807) is 28.6 Å². The Morgan fingerprint density at radius 2 is 2.21 bits per heavy atom. The Hall–Kier alpha value is -1.70. The molecule has 128 valence electrons. The lowest BCUT2D eigenvalue weighted by molar-refractivity contribution is -0.139. The van der Waals surface area contributed by atoms with Crippen molar-refractivity contribution < 1.29 is 9.53 Å². The number of carbonyl (C=O) groups is 1. The number of tetrazole rings is 1. The van der Waals surface area contributed by atoms with Crippen LogP contribution in [0.5, 0.6) is 0 Å². The number of benzene rings is 1. The van der Waals surface area contributed by atoms with Gasteiger partial charge in [0.05, 0.1) is 29.7 Å². The molecule has 1 aliphatic heterocycles. The van der Waals surface area contributed by atoms with Crippen LogP contribution in [0.25, 0.3) is 0 Å². The summed E-state index contributed by atoms with van der Waals surface area (Å²) in [6, 6.07) is 5.40. The fourth-order valence-electron chi connectivity index (χ4n) is 2.61. The summed E-state index contributed by atoms with van der Waals surface area (Å²) in [5, 5.41) is 12.2. The number of aryl methyl sites for hydroxylation is 2. The van der Waals surface area contributed by atoms with Crippen molar-refractivity contribution in [1.82, 2.24) is 25.1 Å². The van der Waals surface area contributed by atoms with Gasteiger partial charge in [-0.2, -0.15) is 0 Å². The van der Waals surface area contributed by atoms with Gasteiger partial charge in [0.15, 0.2) is 0 Å². The highest BCUT2D eigenvalue weighted by Gasteiger charge is 2.25. The normalized spacial score (nSPS) is 18.0. The molecule has 9 heteroatoms. The van der Waals surface area contributed by atoms with Gasteiger partial charge in [-0.15, -0.1) is 5.10 Å². The minimum atomic E-state index is -0.202. The fourth-order valence-corrected chi connectivity index (χ4v) is 2.91. The van der Waals surface area contributed by atoms with Crippen LogP contribution >= 0.6 is 23.2 Å². The van der Waals surface area contributed by atoms with Crippen LogP contribution in [0.1, 0.15) is 23.9 Å². The number of hydrogen-bond donors (Lipinski definition) is 0. The Kier molecular flexibility index (Phi) is 5.33. The molecule has 1 amide bonds. The average molecular weight is 370 g/mol. The molecule has 7 nitrogen and oxygen atoms in total. The van der Waals surface area contributed by atoms with Gasteiger partial charge in [-0.3, -0.25) is 4.79 Å². The van der Waals surface area contributed by atoms with Crippen molar-refractivity contribution in [1.29, 1.82) is 0 Å². The Bertz CT molecular complexity index is 736. The molecule has 1 aromatic heterocycles. The third-order valence-electron chi connectivity index (χ3n) is 3.98. The molecule has 0 radical (unpaired) electrons. The van der Waals surface area contributed by atoms with Crippen LogP contribution in [-0.2, 0) is 16.1 Å². The van der Waals surface area contributed by atoms with Gasteiger partial charge in [-0.05, 0) is 35.0 Å². The average Bonchev–Trinajstić information content (AvgIpc) is 3.00. The van der Waals surface area contributed by atoms with Gasteiger partial charge in [0.25, 0.3) is 0 Å². The molecule has 3 rings (SSSR count). The van der Waals surface area contributed by atoms with Gasteiger partial charge in [-0.1, -0.05) is 29.3 Å². The molecule has 0 N–H and O–H groups in total. The van der Waals surface area contributed by atoms with E-state index in [2.05, 4.69) is 15.5 Å². The zero-order valence-electron chi connectivity index (χ0n) is 13.2. The lowest BCUT2D eigenvalue weighted by Gasteiger charge is -2.33. The SMILES string of the molecule is Cc1nnnn1CCC(=O)N1CCOC(c2ccc(Cl)c(Cl)c2)C1. The first-order chi connectivity index (χ1) is 11.5. The first kappa shape index (κ1) is 17.1. The number of morpholine rings is 1. The standard InChI is InChI=1S/C15H17Cl2N5O2/c1-10-18-19-20-22(10)5-4-15(23)21-6-7-24-14(9-21)11-2-3-12(16)13(17)8-11/h2-3,8,14H,4-7,9H2,1H3. The second-order valence-electron chi connectivity index (χ2n) is 5.57. The van der Waals surface area contributed by atoms with E-state index in [4.69, 9.17) is 27.9 Å². The second-order valence-corrected chi connectivity index (χ2v) is 6.39. The van der Waals surface area contributed by atoms with E-state index in [0.717, 1.165) is 5.56 Å². The summed E-state index contributed by atoms with van der Waals surface area (Å²) in [5.41, 5.74) is 0.915. The van der Waals surface area contributed by atoms with E-state index in [0.29, 0.717) is 48.5 Å². The van der Waals surface area contributed by atoms with Crippen molar-refractivity contribution in [3.63, 3.8) is 0 Å². The number of hydrogen-bond acceptors (Lipinski definition) is 5. The van der Waals surface area contributed by atoms with E-state index in [9.17, 15) is 4.79 Å². The summed E-state index contributed by atoms with van der Waals surface area (Å²) in [5.74, 6) is 0.747. The summed E-state index contributed by atoms with van der Waals surface area (Å²) >= 11 is 12.0. The van der Waals surface area contributed by atoms with E-state index in [1.165, 1.54) is 0 Å². The van der Waals surface area contributed by atoms with Crippen molar-refractivity contribution in [3.05, 3.63) is 39.6 Å². The molecule has 0 spiro atoms. The van der Waals surface area contributed by atoms with Crippen LogP contribution in [0.3, 0.4) is 0 Å². The van der Waals surface area contributed by atoms with Crippen molar-refractivity contribution in [2.45, 2.75) is 26.0 Å². The number of nitrogens with zero attached hydrogens (tertiary/aromatic N) is 5. The van der Waals surface area contributed by atoms with Crippen LogP contribution in [0, 0.1) is 6.92 Å². The van der Waals surface area contributed by atoms with Crippen molar-refractivity contribution in [2.24, 2.45) is 0 Å². The largest absolute Gasteiger partial charge is 0.370 e. The number of rotatable bonds is 4. The number of aromatic nitrogens is 4. The van der Waals surface area contributed by atoms with Gasteiger partial charge < -0.3 is 9.64 Å². The first-order valence-corrected chi connectivity index (χ1v) is 8.37. The molecule has 0 saturated carbocycles. The van der Waals surface area contributed by atoms with Crippen LogP contribution in [0.4, 0.5) is 0 Å². The Morgan fingerprint density at radius 3 is 2.92 bits per heavy atom. The van der Waals surface area contributed by atoms with Crippen LogP contribution in [0.15, 0.2) is 18.2 Å². The predicted molar refractivity (Wildman–Crippen MR) is 88.9 cm³/mol. The maximum atomic E-state index is 12.4. The molecule has 2 heterocycles. The zero-order valence-corrected chi connectivity index (χ0v) is 14.7. The number of amides is 1. The maximum Gasteiger partial charge on any atom is 0.224 e. The highest BCUT2D eigenvalue weighted by molar-refractivity contribution is 6.42. The smallest absolute Gasteiger partial charge is 0.224 e. The number of halogens is 2. The summed E-state index contributed by atoms with van der Waals surface area (Å²) in [6.07, 6.45) is 0.146. The molecule has 1 saturated heterocycles. The van der Waals surface area contributed by atoms with Gasteiger partial charge in [0, 0.05) is 13.0 Å². The molecule has 0 aliphatic carbocycles. The molecule has 1 fully saturated rings. The highest BCUT2D eigenvalue weighted by Crippen LogP contribution is 2.29. The highest BCUT2D eigenvalue weighted by atomic mass is 35.5. The van der Waals surface area contributed by atoms with Gasteiger partial charge in [0.1, 0.15) is 11.9 Å². The summed E-state index contributed by atoms with van der Waals surface area (Å²) in [4.78, 5) is 14.2. The van der Waals surface area contributed by atoms with Gasteiger partial charge >= 0.3 is 0 Å². The topological polar surface area (TPSA) is 73.1 Å². The number of carbonyl (C=O) groups excluding carboxylic acids is 1. The Balaban J connectivity index is 1.61. The van der Waals surface area contributed by atoms with E-state index in [-0.39, 0.29) is 12.0 Å². The number of ether oxygens (including phenoxy) is 1. The summed E-state index contributed by atoms with van der Waals surface area (Å²) in [7, 11) is 0. The monoisotopic (exact) mass is 369 g/mol. The van der Waals surface area contributed by atoms with Crippen molar-refractivity contribution >= 4 is 29.1 Å². The van der Waals surface area contributed by atoms with E-state index >= 15 is 0 Å². The van der Waals surface area contributed by atoms with Gasteiger partial charge in [-0.25, -0.2) is 4.68 Å². The van der Waals surface area contributed by atoms with Crippen molar-refractivity contribution in [2.75, 3.05) is 19.7 Å². The quantitative estimate of drug-likeness (QED) is 0.826. The lowest BCUT2D eigenvalue weighted by Crippen LogP contribution is -2.42. The minimum absolute atomic E-state index is 0.0539. The van der Waals surface area contributed by atoms with Crippen LogP contribution < -0.4 is 0 Å². The predicted octanol–water partition coefficient (Wildman–Crippen LogP) is 2.28. The second kappa shape index (κ2) is 7.46. The maximum absolute atomic E-state index is 12.4. The minimum Gasteiger partial charge on any atom is -0.370 e. The molecule has 0 bridgehead atoms. The van der Waals surface area contributed by atoms with Crippen LogP contribution in [-0.4, -0.2) is 50.7 Å². The Labute approximate surface area is 149 Å². The molecule has 1 atom stereocenters. The molecule has 1 aliphatic rings. The molecule has 1 unspecified atom stereocenters. The molecule has 2 aromatic rings. The molecule has 24 heavy (non-hydrogen) atoms. The Morgan fingerprint density at radius 1 is 1.38 bits per heavy atom.